The molecule has 10 nitrogen and oxygen atoms in total. The second kappa shape index (κ2) is 9.67. The van der Waals surface area contributed by atoms with Crippen molar-refractivity contribution >= 4 is 28.8 Å². The van der Waals surface area contributed by atoms with E-state index in [0.717, 1.165) is 42.1 Å². The average molecular weight is 434 g/mol. The lowest BCUT2D eigenvalue weighted by molar-refractivity contribution is -0.384. The highest BCUT2D eigenvalue weighted by atomic mass is 16.6. The Morgan fingerprint density at radius 2 is 1.97 bits per heavy atom. The molecule has 3 rings (SSSR count). The first-order valence-electron chi connectivity index (χ1n) is 10.1. The van der Waals surface area contributed by atoms with Crippen LogP contribution in [0.5, 0.6) is 0 Å². The minimum atomic E-state index is -1.33. The van der Waals surface area contributed by atoms with Gasteiger partial charge < -0.3 is 25.5 Å². The van der Waals surface area contributed by atoms with Gasteiger partial charge >= 0.3 is 12.2 Å². The molecule has 0 bridgehead atoms. The number of fused-ring (bicyclic) bond motifs is 1. The largest absolute Gasteiger partial charge is 0.465 e. The van der Waals surface area contributed by atoms with E-state index in [2.05, 4.69) is 10.7 Å². The number of non-ortho nitro benzene ring substituents is 1. The lowest BCUT2D eigenvalue weighted by Crippen LogP contribution is -2.42. The van der Waals surface area contributed by atoms with Crippen LogP contribution in [-0.2, 0) is 4.74 Å². The van der Waals surface area contributed by atoms with Gasteiger partial charge in [0.25, 0.3) is 5.69 Å². The van der Waals surface area contributed by atoms with Gasteiger partial charge in [0.15, 0.2) is 0 Å². The molecule has 1 aromatic carbocycles. The Hall–Kier alpha value is -3.30. The van der Waals surface area contributed by atoms with Crippen LogP contribution in [-0.4, -0.2) is 50.8 Å². The van der Waals surface area contributed by atoms with Crippen molar-refractivity contribution in [3.63, 3.8) is 0 Å². The lowest BCUT2D eigenvalue weighted by Gasteiger charge is -2.36. The third-order valence-electron chi connectivity index (χ3n) is 5.22. The number of nitro benzene ring substituents is 1. The van der Waals surface area contributed by atoms with E-state index in [1.54, 1.807) is 24.1 Å². The highest BCUT2D eigenvalue weighted by Crippen LogP contribution is 2.39. The maximum atomic E-state index is 12.4. The number of carbonyl (C=O) groups excluding carboxylic acids is 1. The summed E-state index contributed by atoms with van der Waals surface area (Å²) in [5.41, 5.74) is 5.60. The number of nitro groups is 1. The summed E-state index contributed by atoms with van der Waals surface area (Å²) in [4.78, 5) is 36.9. The number of aromatic amines is 1. The standard InChI is InChI=1S/C20H27N3O4.CH3NO2/c1-20(2,3)27-19(24)22(4)14-7-5-6-13(10-14)17-12-21-18-9-8-15(23(25)26)11-16(17)18;2-1(3)4/h8-9,11-14,21H,5-7,10H2,1-4H3;2H2,(H,3,4)/t13-,14+;/m0./s1. The minimum Gasteiger partial charge on any atom is -0.465 e. The summed E-state index contributed by atoms with van der Waals surface area (Å²) in [6.45, 7) is 5.59. The Morgan fingerprint density at radius 1 is 1.32 bits per heavy atom. The molecule has 1 heterocycles. The molecule has 10 heteroatoms. The molecule has 170 valence electrons. The fourth-order valence-corrected chi connectivity index (χ4v) is 3.86. The van der Waals surface area contributed by atoms with Crippen LogP contribution in [0.4, 0.5) is 15.3 Å². The quantitative estimate of drug-likeness (QED) is 0.474. The first-order valence-corrected chi connectivity index (χ1v) is 10.1. The molecule has 4 N–H and O–H groups in total. The third kappa shape index (κ3) is 6.59. The van der Waals surface area contributed by atoms with Gasteiger partial charge in [-0.3, -0.25) is 10.1 Å². The predicted molar refractivity (Wildman–Crippen MR) is 116 cm³/mol. The Bertz CT molecular complexity index is 945. The maximum absolute atomic E-state index is 12.4. The lowest BCUT2D eigenvalue weighted by atomic mass is 9.81. The number of nitrogens with two attached hydrogens (primary N) is 1. The molecule has 1 aromatic heterocycles. The number of benzene rings is 1. The fourth-order valence-electron chi connectivity index (χ4n) is 3.86. The van der Waals surface area contributed by atoms with Gasteiger partial charge in [-0.25, -0.2) is 9.59 Å². The van der Waals surface area contributed by atoms with Gasteiger partial charge in [-0.05, 0) is 57.6 Å². The fraction of sp³-hybridized carbons (Fsp3) is 0.524. The van der Waals surface area contributed by atoms with Crippen molar-refractivity contribution in [3.8, 4) is 0 Å². The molecule has 31 heavy (non-hydrogen) atoms. The molecule has 0 unspecified atom stereocenters. The number of carboxylic acid groups (broad SMARTS) is 1. The molecule has 0 spiro atoms. The highest BCUT2D eigenvalue weighted by molar-refractivity contribution is 5.86. The van der Waals surface area contributed by atoms with Gasteiger partial charge in [0, 0.05) is 42.3 Å². The first kappa shape index (κ1) is 24.0. The van der Waals surface area contributed by atoms with Crippen LogP contribution in [0.25, 0.3) is 10.9 Å². The second-order valence-electron chi connectivity index (χ2n) is 8.68. The highest BCUT2D eigenvalue weighted by Gasteiger charge is 2.31. The molecular formula is C21H30N4O6. The van der Waals surface area contributed by atoms with E-state index in [-0.39, 0.29) is 28.7 Å². The van der Waals surface area contributed by atoms with E-state index in [1.807, 2.05) is 27.0 Å². The molecule has 0 radical (unpaired) electrons. The molecule has 0 saturated heterocycles. The molecule has 1 fully saturated rings. The number of carbonyl (C=O) groups is 2. The number of rotatable bonds is 3. The van der Waals surface area contributed by atoms with Gasteiger partial charge in [-0.2, -0.15) is 0 Å². The molecule has 1 aliphatic rings. The van der Waals surface area contributed by atoms with Gasteiger partial charge in [0.2, 0.25) is 0 Å². The SMILES string of the molecule is CN(C(=O)OC(C)(C)C)[C@@H]1CCC[C@H](c2c[nH]c3ccc([N+](=O)[O-])cc23)C1.NC(=O)O. The van der Waals surface area contributed by atoms with Crippen LogP contribution in [0.15, 0.2) is 24.4 Å². The summed E-state index contributed by atoms with van der Waals surface area (Å²) in [6, 6.07) is 5.01. The van der Waals surface area contributed by atoms with Crippen LogP contribution < -0.4 is 5.73 Å². The van der Waals surface area contributed by atoms with Gasteiger partial charge in [-0.1, -0.05) is 6.42 Å². The van der Waals surface area contributed by atoms with Crippen LogP contribution in [0.3, 0.4) is 0 Å². The van der Waals surface area contributed by atoms with Crippen molar-refractivity contribution in [1.82, 2.24) is 9.88 Å². The summed E-state index contributed by atoms with van der Waals surface area (Å²) in [6.07, 6.45) is 4.09. The smallest absolute Gasteiger partial charge is 0.410 e. The molecule has 2 amide bonds. The van der Waals surface area contributed by atoms with Crippen molar-refractivity contribution in [2.75, 3.05) is 7.05 Å². The second-order valence-corrected chi connectivity index (χ2v) is 8.68. The number of nitrogens with one attached hydrogen (secondary N) is 1. The van der Waals surface area contributed by atoms with Gasteiger partial charge in [0.1, 0.15) is 5.60 Å². The van der Waals surface area contributed by atoms with Crippen LogP contribution in [0.2, 0.25) is 0 Å². The molecule has 2 atom stereocenters. The van der Waals surface area contributed by atoms with Gasteiger partial charge in [-0.15, -0.1) is 0 Å². The number of hydrogen-bond acceptors (Lipinski definition) is 5. The number of amides is 2. The molecule has 0 aliphatic heterocycles. The minimum absolute atomic E-state index is 0.0987. The van der Waals surface area contributed by atoms with Crippen molar-refractivity contribution < 1.29 is 24.4 Å². The average Bonchev–Trinajstić information content (AvgIpc) is 3.09. The Kier molecular flexibility index (Phi) is 7.48. The van der Waals surface area contributed by atoms with Crippen molar-refractivity contribution in [3.05, 3.63) is 40.1 Å². The Morgan fingerprint density at radius 3 is 2.55 bits per heavy atom. The molecule has 2 aromatic rings. The zero-order chi connectivity index (χ0) is 23.3. The molecule has 1 aliphatic carbocycles. The van der Waals surface area contributed by atoms with Crippen LogP contribution in [0.1, 0.15) is 57.9 Å². The molecular weight excluding hydrogens is 404 g/mol. The Labute approximate surface area is 180 Å². The number of aromatic nitrogens is 1. The van der Waals surface area contributed by atoms with E-state index in [0.29, 0.717) is 0 Å². The summed E-state index contributed by atoms with van der Waals surface area (Å²) in [5.74, 6) is 0.254. The number of ether oxygens (including phenoxy) is 1. The van der Waals surface area contributed by atoms with Crippen LogP contribution in [0, 0.1) is 10.1 Å². The zero-order valence-electron chi connectivity index (χ0n) is 18.3. The maximum Gasteiger partial charge on any atom is 0.410 e. The topological polar surface area (TPSA) is 152 Å². The normalized spacial score (nSPS) is 18.6. The predicted octanol–water partition coefficient (Wildman–Crippen LogP) is 4.59. The van der Waals surface area contributed by atoms with E-state index in [9.17, 15) is 14.9 Å². The molecule has 1 saturated carbocycles. The monoisotopic (exact) mass is 434 g/mol. The van der Waals surface area contributed by atoms with Gasteiger partial charge in [0.05, 0.1) is 4.92 Å². The van der Waals surface area contributed by atoms with Crippen molar-refractivity contribution in [1.29, 1.82) is 0 Å². The van der Waals surface area contributed by atoms with E-state index >= 15 is 0 Å². The zero-order valence-corrected chi connectivity index (χ0v) is 18.3. The van der Waals surface area contributed by atoms with Crippen molar-refractivity contribution in [2.24, 2.45) is 5.73 Å². The number of nitrogens with zero attached hydrogens (tertiary/aromatic N) is 2. The number of H-pyrrole nitrogens is 1. The Balaban J connectivity index is 0.000000785. The number of primary amides is 1. The van der Waals surface area contributed by atoms with E-state index in [1.165, 1.54) is 6.07 Å². The van der Waals surface area contributed by atoms with E-state index < -0.39 is 11.7 Å². The first-order chi connectivity index (χ1) is 14.4. The third-order valence-corrected chi connectivity index (χ3v) is 5.22. The number of hydrogen-bond donors (Lipinski definition) is 3. The van der Waals surface area contributed by atoms with Crippen LogP contribution >= 0.6 is 0 Å². The van der Waals surface area contributed by atoms with E-state index in [4.69, 9.17) is 14.6 Å². The summed E-state index contributed by atoms with van der Waals surface area (Å²) in [7, 11) is 1.79. The summed E-state index contributed by atoms with van der Waals surface area (Å²) < 4.78 is 5.50. The summed E-state index contributed by atoms with van der Waals surface area (Å²) >= 11 is 0. The van der Waals surface area contributed by atoms with Crippen molar-refractivity contribution in [2.45, 2.75) is 64.0 Å². The summed E-state index contributed by atoms with van der Waals surface area (Å²) in [5, 5.41) is 19.2.